The lowest BCUT2D eigenvalue weighted by atomic mass is 9.79. The van der Waals surface area contributed by atoms with E-state index in [2.05, 4.69) is 26.6 Å². The number of hydrogen-bond acceptors (Lipinski definition) is 2. The maximum Gasteiger partial charge on any atom is 0.226 e. The molecule has 0 aliphatic heterocycles. The van der Waals surface area contributed by atoms with Gasteiger partial charge in [0.05, 0.1) is 5.69 Å². The molecule has 0 saturated heterocycles. The van der Waals surface area contributed by atoms with Crippen LogP contribution < -0.4 is 10.6 Å². The summed E-state index contributed by atoms with van der Waals surface area (Å²) in [6.07, 6.45) is 5.88. The minimum atomic E-state index is -0.413. The van der Waals surface area contributed by atoms with Gasteiger partial charge in [-0.05, 0) is 38.1 Å². The topological polar surface area (TPSA) is 41.1 Å². The Morgan fingerprint density at radius 2 is 2.05 bits per heavy atom. The molecule has 1 saturated carbocycles. The molecule has 1 aliphatic carbocycles. The standard InChI is InChI=1S/C15H20BrFN2O/c1-18-15(7-3-2-4-8-15)10-14(20)19-13-9-11(16)5-6-12(13)17/h5-6,9,18H,2-4,7-8,10H2,1H3,(H,19,20). The van der Waals surface area contributed by atoms with Crippen molar-refractivity contribution in [1.82, 2.24) is 5.32 Å². The summed E-state index contributed by atoms with van der Waals surface area (Å²) < 4.78 is 14.4. The average molecular weight is 343 g/mol. The monoisotopic (exact) mass is 342 g/mol. The lowest BCUT2D eigenvalue weighted by Gasteiger charge is -2.36. The Balaban J connectivity index is 2.02. The molecule has 1 aromatic carbocycles. The van der Waals surface area contributed by atoms with E-state index < -0.39 is 5.82 Å². The number of halogens is 2. The SMILES string of the molecule is CNC1(CC(=O)Nc2cc(Br)ccc2F)CCCCC1. The Hall–Kier alpha value is -0.940. The molecule has 0 atom stereocenters. The second-order valence-corrected chi connectivity index (χ2v) is 6.36. The first-order valence-electron chi connectivity index (χ1n) is 6.98. The van der Waals surface area contributed by atoms with Gasteiger partial charge in [-0.15, -0.1) is 0 Å². The van der Waals surface area contributed by atoms with Crippen molar-refractivity contribution in [2.75, 3.05) is 12.4 Å². The van der Waals surface area contributed by atoms with E-state index in [4.69, 9.17) is 0 Å². The average Bonchev–Trinajstić information content (AvgIpc) is 2.44. The van der Waals surface area contributed by atoms with Gasteiger partial charge >= 0.3 is 0 Å². The first kappa shape index (κ1) is 15.4. The predicted octanol–water partition coefficient (Wildman–Crippen LogP) is 3.84. The van der Waals surface area contributed by atoms with Crippen LogP contribution in [-0.2, 0) is 4.79 Å². The molecule has 2 N–H and O–H groups in total. The fourth-order valence-corrected chi connectivity index (χ4v) is 3.20. The van der Waals surface area contributed by atoms with Gasteiger partial charge in [-0.2, -0.15) is 0 Å². The number of carbonyl (C=O) groups is 1. The summed E-state index contributed by atoms with van der Waals surface area (Å²) in [5.74, 6) is -0.554. The van der Waals surface area contributed by atoms with Crippen LogP contribution in [0.3, 0.4) is 0 Å². The second kappa shape index (κ2) is 6.68. The highest BCUT2D eigenvalue weighted by atomic mass is 79.9. The van der Waals surface area contributed by atoms with E-state index >= 15 is 0 Å². The van der Waals surface area contributed by atoms with Crippen LogP contribution in [0.4, 0.5) is 10.1 Å². The van der Waals surface area contributed by atoms with Gasteiger partial charge in [0, 0.05) is 16.4 Å². The van der Waals surface area contributed by atoms with E-state index in [-0.39, 0.29) is 17.1 Å². The summed E-state index contributed by atoms with van der Waals surface area (Å²) >= 11 is 3.28. The molecule has 110 valence electrons. The molecule has 0 radical (unpaired) electrons. The van der Waals surface area contributed by atoms with Gasteiger partial charge in [0.15, 0.2) is 0 Å². The molecule has 1 aromatic rings. The van der Waals surface area contributed by atoms with Crippen molar-refractivity contribution < 1.29 is 9.18 Å². The van der Waals surface area contributed by atoms with Crippen LogP contribution in [-0.4, -0.2) is 18.5 Å². The summed E-state index contributed by atoms with van der Waals surface area (Å²) in [5, 5.41) is 5.97. The number of carbonyl (C=O) groups excluding carboxylic acids is 1. The molecule has 1 aliphatic rings. The molecule has 0 bridgehead atoms. The van der Waals surface area contributed by atoms with Crippen LogP contribution in [0.5, 0.6) is 0 Å². The molecule has 5 heteroatoms. The molecule has 0 unspecified atom stereocenters. The third-order valence-corrected chi connectivity index (χ3v) is 4.54. The fraction of sp³-hybridized carbons (Fsp3) is 0.533. The third kappa shape index (κ3) is 3.79. The van der Waals surface area contributed by atoms with Gasteiger partial charge in [0.2, 0.25) is 5.91 Å². The quantitative estimate of drug-likeness (QED) is 0.872. The first-order valence-corrected chi connectivity index (χ1v) is 7.78. The molecule has 0 heterocycles. The Morgan fingerprint density at radius 3 is 2.70 bits per heavy atom. The zero-order valence-corrected chi connectivity index (χ0v) is 13.2. The lowest BCUT2D eigenvalue weighted by molar-refractivity contribution is -0.118. The Morgan fingerprint density at radius 1 is 1.35 bits per heavy atom. The largest absolute Gasteiger partial charge is 0.324 e. The minimum Gasteiger partial charge on any atom is -0.324 e. The third-order valence-electron chi connectivity index (χ3n) is 4.04. The van der Waals surface area contributed by atoms with Crippen molar-refractivity contribution in [2.45, 2.75) is 44.1 Å². The summed E-state index contributed by atoms with van der Waals surface area (Å²) in [4.78, 5) is 12.2. The van der Waals surface area contributed by atoms with Crippen LogP contribution in [0.15, 0.2) is 22.7 Å². The van der Waals surface area contributed by atoms with Crippen LogP contribution in [0.2, 0.25) is 0 Å². The predicted molar refractivity (Wildman–Crippen MR) is 82.2 cm³/mol. The van der Waals surface area contributed by atoms with Crippen molar-refractivity contribution in [3.63, 3.8) is 0 Å². The highest BCUT2D eigenvalue weighted by Gasteiger charge is 2.32. The number of amides is 1. The highest BCUT2D eigenvalue weighted by Crippen LogP contribution is 2.31. The van der Waals surface area contributed by atoms with E-state index in [9.17, 15) is 9.18 Å². The zero-order valence-electron chi connectivity index (χ0n) is 11.6. The maximum atomic E-state index is 13.6. The van der Waals surface area contributed by atoms with Crippen LogP contribution in [0, 0.1) is 5.82 Å². The molecule has 1 fully saturated rings. The molecule has 0 spiro atoms. The summed E-state index contributed by atoms with van der Waals surface area (Å²) in [6, 6.07) is 4.54. The van der Waals surface area contributed by atoms with Crippen molar-refractivity contribution in [3.05, 3.63) is 28.5 Å². The van der Waals surface area contributed by atoms with E-state index in [0.717, 1.165) is 30.2 Å². The van der Waals surface area contributed by atoms with Gasteiger partial charge < -0.3 is 10.6 Å². The molecule has 2 rings (SSSR count). The number of nitrogens with one attached hydrogen (secondary N) is 2. The number of anilines is 1. The van der Waals surface area contributed by atoms with Crippen molar-refractivity contribution in [3.8, 4) is 0 Å². The van der Waals surface area contributed by atoms with E-state index in [1.54, 1.807) is 12.1 Å². The van der Waals surface area contributed by atoms with Gasteiger partial charge in [0.1, 0.15) is 5.82 Å². The minimum absolute atomic E-state index is 0.134. The van der Waals surface area contributed by atoms with Gasteiger partial charge in [-0.1, -0.05) is 35.2 Å². The van der Waals surface area contributed by atoms with Gasteiger partial charge in [-0.25, -0.2) is 4.39 Å². The van der Waals surface area contributed by atoms with Crippen molar-refractivity contribution in [2.24, 2.45) is 0 Å². The normalized spacial score (nSPS) is 17.8. The van der Waals surface area contributed by atoms with Crippen LogP contribution in [0.25, 0.3) is 0 Å². The molecular weight excluding hydrogens is 323 g/mol. The Bertz CT molecular complexity index is 487. The van der Waals surface area contributed by atoms with Crippen molar-refractivity contribution in [1.29, 1.82) is 0 Å². The summed E-state index contributed by atoms with van der Waals surface area (Å²) in [6.45, 7) is 0. The van der Waals surface area contributed by atoms with E-state index in [1.165, 1.54) is 12.5 Å². The molecule has 20 heavy (non-hydrogen) atoms. The molecule has 3 nitrogen and oxygen atoms in total. The highest BCUT2D eigenvalue weighted by molar-refractivity contribution is 9.10. The summed E-state index contributed by atoms with van der Waals surface area (Å²) in [5.41, 5.74) is 0.0941. The van der Waals surface area contributed by atoms with E-state index in [1.807, 2.05) is 7.05 Å². The second-order valence-electron chi connectivity index (χ2n) is 5.44. The fourth-order valence-electron chi connectivity index (χ4n) is 2.84. The smallest absolute Gasteiger partial charge is 0.226 e. The van der Waals surface area contributed by atoms with Gasteiger partial charge in [0.25, 0.3) is 0 Å². The van der Waals surface area contributed by atoms with Gasteiger partial charge in [-0.3, -0.25) is 4.79 Å². The Labute approximate surface area is 127 Å². The molecule has 1 amide bonds. The zero-order chi connectivity index (χ0) is 14.6. The first-order chi connectivity index (χ1) is 9.54. The van der Waals surface area contributed by atoms with E-state index in [0.29, 0.717) is 6.42 Å². The summed E-state index contributed by atoms with van der Waals surface area (Å²) in [7, 11) is 1.90. The number of hydrogen-bond donors (Lipinski definition) is 2. The van der Waals surface area contributed by atoms with Crippen LogP contribution >= 0.6 is 15.9 Å². The lowest BCUT2D eigenvalue weighted by Crippen LogP contribution is -2.47. The van der Waals surface area contributed by atoms with Crippen LogP contribution in [0.1, 0.15) is 38.5 Å². The molecule has 0 aromatic heterocycles. The van der Waals surface area contributed by atoms with Crippen molar-refractivity contribution >= 4 is 27.5 Å². The Kier molecular flexibility index (Phi) is 5.16. The molecular formula is C15H20BrFN2O. The maximum absolute atomic E-state index is 13.6. The number of rotatable bonds is 4. The number of benzene rings is 1.